The van der Waals surface area contributed by atoms with Crippen LogP contribution < -0.4 is 9.64 Å². The van der Waals surface area contributed by atoms with Crippen LogP contribution in [-0.2, 0) is 16.1 Å². The third-order valence-electron chi connectivity index (χ3n) is 6.30. The summed E-state index contributed by atoms with van der Waals surface area (Å²) in [5.74, 6) is 0.673. The van der Waals surface area contributed by atoms with E-state index in [0.29, 0.717) is 25.2 Å². The maximum atomic E-state index is 12.5. The SMILES string of the molecule is CC(=O)N(Cc1ccc2ccc(C#N)cc2c1)c1ccc(OC2CCN(C(=O)OC(C)(C)C)CC2)cc1. The molecule has 2 amide bonds. The molecule has 0 saturated carbocycles. The number of fused-ring (bicyclic) bond motifs is 1. The largest absolute Gasteiger partial charge is 0.490 e. The highest BCUT2D eigenvalue weighted by molar-refractivity contribution is 5.92. The van der Waals surface area contributed by atoms with Crippen molar-refractivity contribution in [2.75, 3.05) is 18.0 Å². The van der Waals surface area contributed by atoms with Gasteiger partial charge < -0.3 is 19.3 Å². The lowest BCUT2D eigenvalue weighted by Gasteiger charge is -2.33. The van der Waals surface area contributed by atoms with Crippen LogP contribution in [0.15, 0.2) is 60.7 Å². The number of ether oxygens (including phenoxy) is 2. The Labute approximate surface area is 218 Å². The molecule has 7 nitrogen and oxygen atoms in total. The van der Waals surface area contributed by atoms with E-state index in [1.807, 2.05) is 75.4 Å². The summed E-state index contributed by atoms with van der Waals surface area (Å²) in [5.41, 5.74) is 1.87. The lowest BCUT2D eigenvalue weighted by molar-refractivity contribution is -0.116. The van der Waals surface area contributed by atoms with Gasteiger partial charge in [-0.15, -0.1) is 0 Å². The van der Waals surface area contributed by atoms with Gasteiger partial charge in [-0.25, -0.2) is 4.79 Å². The second kappa shape index (κ2) is 10.9. The number of amides is 2. The number of anilines is 1. The number of hydrogen-bond acceptors (Lipinski definition) is 5. The molecular weight excluding hydrogens is 466 g/mol. The highest BCUT2D eigenvalue weighted by Gasteiger charge is 2.27. The highest BCUT2D eigenvalue weighted by atomic mass is 16.6. The fourth-order valence-electron chi connectivity index (χ4n) is 4.41. The predicted octanol–water partition coefficient (Wildman–Crippen LogP) is 6.04. The molecule has 1 saturated heterocycles. The molecule has 1 aliphatic heterocycles. The lowest BCUT2D eigenvalue weighted by Crippen LogP contribution is -2.44. The van der Waals surface area contributed by atoms with Gasteiger partial charge in [0.2, 0.25) is 5.91 Å². The molecule has 0 spiro atoms. The van der Waals surface area contributed by atoms with Gasteiger partial charge in [-0.1, -0.05) is 18.2 Å². The Balaban J connectivity index is 1.38. The van der Waals surface area contributed by atoms with E-state index < -0.39 is 5.60 Å². The monoisotopic (exact) mass is 499 g/mol. The summed E-state index contributed by atoms with van der Waals surface area (Å²) in [7, 11) is 0. The molecule has 1 heterocycles. The minimum absolute atomic E-state index is 0.0179. The van der Waals surface area contributed by atoms with E-state index in [-0.39, 0.29) is 18.1 Å². The van der Waals surface area contributed by atoms with Gasteiger partial charge >= 0.3 is 6.09 Å². The van der Waals surface area contributed by atoms with Gasteiger partial charge in [-0.3, -0.25) is 4.79 Å². The standard InChI is InChI=1S/C30H33N3O4/c1-21(34)33(20-23-6-8-24-7-5-22(19-31)17-25(24)18-23)26-9-11-27(12-10-26)36-28-13-15-32(16-14-28)29(35)37-30(2,3)4/h5-12,17-18,28H,13-16,20H2,1-4H3. The van der Waals surface area contributed by atoms with Crippen molar-refractivity contribution in [1.29, 1.82) is 5.26 Å². The Morgan fingerprint density at radius 2 is 1.68 bits per heavy atom. The van der Waals surface area contributed by atoms with E-state index in [9.17, 15) is 14.9 Å². The zero-order chi connectivity index (χ0) is 26.6. The molecule has 0 unspecified atom stereocenters. The average molecular weight is 500 g/mol. The van der Waals surface area contributed by atoms with Crippen LogP contribution in [0, 0.1) is 11.3 Å². The first-order chi connectivity index (χ1) is 17.6. The minimum atomic E-state index is -0.505. The van der Waals surface area contributed by atoms with Crippen molar-refractivity contribution in [3.63, 3.8) is 0 Å². The summed E-state index contributed by atoms with van der Waals surface area (Å²) in [4.78, 5) is 28.2. The average Bonchev–Trinajstić information content (AvgIpc) is 2.86. The van der Waals surface area contributed by atoms with Crippen molar-refractivity contribution in [3.8, 4) is 11.8 Å². The fourth-order valence-corrected chi connectivity index (χ4v) is 4.41. The number of nitrogens with zero attached hydrogens (tertiary/aromatic N) is 3. The van der Waals surface area contributed by atoms with Crippen LogP contribution in [0.25, 0.3) is 10.8 Å². The number of carbonyl (C=O) groups excluding carboxylic acids is 2. The van der Waals surface area contributed by atoms with Crippen LogP contribution in [0.2, 0.25) is 0 Å². The van der Waals surface area contributed by atoms with Gasteiger partial charge in [-0.05, 0) is 79.6 Å². The van der Waals surface area contributed by atoms with Crippen molar-refractivity contribution in [2.45, 2.75) is 58.8 Å². The Morgan fingerprint density at radius 3 is 2.30 bits per heavy atom. The number of piperidine rings is 1. The second-order valence-electron chi connectivity index (χ2n) is 10.4. The lowest BCUT2D eigenvalue weighted by atomic mass is 10.0. The number of rotatable bonds is 5. The van der Waals surface area contributed by atoms with Crippen LogP contribution in [-0.4, -0.2) is 41.7 Å². The predicted molar refractivity (Wildman–Crippen MR) is 143 cm³/mol. The molecule has 0 N–H and O–H groups in total. The van der Waals surface area contributed by atoms with Crippen LogP contribution in [0.4, 0.5) is 10.5 Å². The van der Waals surface area contributed by atoms with E-state index in [0.717, 1.165) is 40.6 Å². The maximum Gasteiger partial charge on any atom is 0.410 e. The molecule has 37 heavy (non-hydrogen) atoms. The van der Waals surface area contributed by atoms with E-state index in [1.165, 1.54) is 0 Å². The fraction of sp³-hybridized carbons (Fsp3) is 0.367. The maximum absolute atomic E-state index is 12.5. The molecule has 0 aromatic heterocycles. The summed E-state index contributed by atoms with van der Waals surface area (Å²) < 4.78 is 11.6. The number of nitriles is 1. The molecule has 0 aliphatic carbocycles. The molecule has 1 aliphatic rings. The first-order valence-electron chi connectivity index (χ1n) is 12.6. The van der Waals surface area contributed by atoms with Crippen molar-refractivity contribution < 1.29 is 19.1 Å². The van der Waals surface area contributed by atoms with Gasteiger partial charge in [0.05, 0.1) is 18.2 Å². The van der Waals surface area contributed by atoms with Crippen LogP contribution in [0.3, 0.4) is 0 Å². The van der Waals surface area contributed by atoms with E-state index in [2.05, 4.69) is 6.07 Å². The summed E-state index contributed by atoms with van der Waals surface area (Å²) in [6.07, 6.45) is 1.20. The highest BCUT2D eigenvalue weighted by Crippen LogP contribution is 2.26. The molecule has 4 rings (SSSR count). The molecule has 3 aromatic carbocycles. The number of hydrogen-bond donors (Lipinski definition) is 0. The molecular formula is C30H33N3O4. The second-order valence-corrected chi connectivity index (χ2v) is 10.4. The number of likely N-dealkylation sites (tertiary alicyclic amines) is 1. The normalized spacial score (nSPS) is 14.2. The molecule has 0 atom stereocenters. The molecule has 0 radical (unpaired) electrons. The molecule has 3 aromatic rings. The smallest absolute Gasteiger partial charge is 0.410 e. The van der Waals surface area contributed by atoms with E-state index >= 15 is 0 Å². The first-order valence-corrected chi connectivity index (χ1v) is 12.6. The topological polar surface area (TPSA) is 82.9 Å². The van der Waals surface area contributed by atoms with Crippen LogP contribution in [0.5, 0.6) is 5.75 Å². The third-order valence-corrected chi connectivity index (χ3v) is 6.30. The number of benzene rings is 3. The van der Waals surface area contributed by atoms with Crippen LogP contribution >= 0.6 is 0 Å². The van der Waals surface area contributed by atoms with Crippen molar-refractivity contribution >= 4 is 28.5 Å². The molecule has 0 bridgehead atoms. The van der Waals surface area contributed by atoms with Gasteiger partial charge in [0.25, 0.3) is 0 Å². The summed E-state index contributed by atoms with van der Waals surface area (Å²) in [5, 5.41) is 11.2. The molecule has 7 heteroatoms. The summed E-state index contributed by atoms with van der Waals surface area (Å²) in [6, 6.07) is 21.3. The quantitative estimate of drug-likeness (QED) is 0.427. The van der Waals surface area contributed by atoms with Crippen molar-refractivity contribution in [3.05, 3.63) is 71.8 Å². The van der Waals surface area contributed by atoms with Gasteiger partial charge in [0.15, 0.2) is 0 Å². The number of carbonyl (C=O) groups is 2. The zero-order valence-corrected chi connectivity index (χ0v) is 21.9. The van der Waals surface area contributed by atoms with Gasteiger partial charge in [-0.2, -0.15) is 5.26 Å². The van der Waals surface area contributed by atoms with E-state index in [4.69, 9.17) is 9.47 Å². The zero-order valence-electron chi connectivity index (χ0n) is 21.9. The van der Waals surface area contributed by atoms with Crippen LogP contribution in [0.1, 0.15) is 51.7 Å². The van der Waals surface area contributed by atoms with Gasteiger partial charge in [0, 0.05) is 38.5 Å². The Hall–Kier alpha value is -4.05. The Kier molecular flexibility index (Phi) is 7.68. The van der Waals surface area contributed by atoms with Crippen molar-refractivity contribution in [1.82, 2.24) is 4.90 Å². The summed E-state index contributed by atoms with van der Waals surface area (Å²) in [6.45, 7) is 8.76. The van der Waals surface area contributed by atoms with E-state index in [1.54, 1.807) is 22.8 Å². The first kappa shape index (κ1) is 26.0. The Morgan fingerprint density at radius 1 is 1.00 bits per heavy atom. The third kappa shape index (κ3) is 6.79. The summed E-state index contributed by atoms with van der Waals surface area (Å²) >= 11 is 0. The minimum Gasteiger partial charge on any atom is -0.490 e. The molecule has 1 fully saturated rings. The van der Waals surface area contributed by atoms with Gasteiger partial charge in [0.1, 0.15) is 17.5 Å². The molecule has 192 valence electrons. The Bertz CT molecular complexity index is 1310. The van der Waals surface area contributed by atoms with Crippen molar-refractivity contribution in [2.24, 2.45) is 0 Å².